The summed E-state index contributed by atoms with van der Waals surface area (Å²) >= 11 is 2.14. The molecule has 0 saturated carbocycles. The van der Waals surface area contributed by atoms with Crippen LogP contribution in [0.15, 0.2) is 24.3 Å². The van der Waals surface area contributed by atoms with Gasteiger partial charge in [-0.05, 0) is 34.7 Å². The summed E-state index contributed by atoms with van der Waals surface area (Å²) in [6.07, 6.45) is 0. The van der Waals surface area contributed by atoms with Crippen molar-refractivity contribution in [3.8, 4) is 0 Å². The Hall–Kier alpha value is -0.620. The molecule has 0 aliphatic heterocycles. The highest BCUT2D eigenvalue weighted by Crippen LogP contribution is 2.14. The first-order valence-electron chi connectivity index (χ1n) is 5.10. The Bertz CT molecular complexity index is 377. The van der Waals surface area contributed by atoms with E-state index in [9.17, 15) is 4.79 Å². The summed E-state index contributed by atoms with van der Waals surface area (Å²) in [6, 6.07) is 7.43. The molecule has 0 aromatic heterocycles. The predicted octanol–water partition coefficient (Wildman–Crippen LogP) is 2.04. The number of hydrogen-bond acceptors (Lipinski definition) is 2. The van der Waals surface area contributed by atoms with Crippen LogP contribution in [-0.2, 0) is 0 Å². The quantitative estimate of drug-likeness (QED) is 0.829. The number of amides is 1. The molecule has 2 N–H and O–H groups in total. The fourth-order valence-electron chi connectivity index (χ4n) is 1.12. The number of rotatable bonds is 4. The van der Waals surface area contributed by atoms with E-state index in [2.05, 4.69) is 27.9 Å². The van der Waals surface area contributed by atoms with Crippen molar-refractivity contribution in [1.29, 1.82) is 0 Å². The van der Waals surface area contributed by atoms with Crippen LogP contribution in [0.4, 0.5) is 0 Å². The van der Waals surface area contributed by atoms with Gasteiger partial charge in [0.2, 0.25) is 0 Å². The normalized spacial score (nSPS) is 11.2. The van der Waals surface area contributed by atoms with Gasteiger partial charge in [0.1, 0.15) is 0 Å². The number of carbonyl (C=O) groups excluding carboxylic acids is 1. The van der Waals surface area contributed by atoms with Gasteiger partial charge in [0, 0.05) is 22.1 Å². The molecule has 1 aromatic carbocycles. The molecule has 0 saturated heterocycles. The fraction of sp³-hybridized carbons (Fsp3) is 0.417. The number of carbonyl (C=O) groups is 1. The lowest BCUT2D eigenvalue weighted by Crippen LogP contribution is -2.36. The van der Waals surface area contributed by atoms with E-state index in [0.717, 1.165) is 3.57 Å². The summed E-state index contributed by atoms with van der Waals surface area (Å²) in [5, 5.41) is 11.9. The summed E-state index contributed by atoms with van der Waals surface area (Å²) in [4.78, 5) is 11.8. The highest BCUT2D eigenvalue weighted by atomic mass is 127. The van der Waals surface area contributed by atoms with Crippen molar-refractivity contribution in [2.45, 2.75) is 13.8 Å². The minimum absolute atomic E-state index is 0.0547. The zero-order valence-corrected chi connectivity index (χ0v) is 11.6. The van der Waals surface area contributed by atoms with Gasteiger partial charge in [-0.1, -0.05) is 26.0 Å². The second kappa shape index (κ2) is 5.63. The van der Waals surface area contributed by atoms with E-state index in [-0.39, 0.29) is 17.9 Å². The predicted molar refractivity (Wildman–Crippen MR) is 72.4 cm³/mol. The number of hydrogen-bond donors (Lipinski definition) is 2. The number of aliphatic hydroxyl groups is 1. The molecule has 16 heavy (non-hydrogen) atoms. The van der Waals surface area contributed by atoms with E-state index in [0.29, 0.717) is 12.1 Å². The third kappa shape index (κ3) is 3.75. The topological polar surface area (TPSA) is 49.3 Å². The molecule has 1 rings (SSSR count). The SMILES string of the molecule is CC(C)(CO)CNC(=O)c1ccccc1I. The molecule has 88 valence electrons. The van der Waals surface area contributed by atoms with Crippen LogP contribution in [0.3, 0.4) is 0 Å². The van der Waals surface area contributed by atoms with Gasteiger partial charge in [-0.3, -0.25) is 4.79 Å². The number of benzene rings is 1. The highest BCUT2D eigenvalue weighted by Gasteiger charge is 2.18. The van der Waals surface area contributed by atoms with Gasteiger partial charge < -0.3 is 10.4 Å². The number of aliphatic hydroxyl groups excluding tert-OH is 1. The number of halogens is 1. The molecule has 1 aromatic rings. The van der Waals surface area contributed by atoms with Crippen molar-refractivity contribution >= 4 is 28.5 Å². The molecule has 1 amide bonds. The fourth-order valence-corrected chi connectivity index (χ4v) is 1.75. The Morgan fingerprint density at radius 3 is 2.62 bits per heavy atom. The molecular formula is C12H16INO2. The minimum Gasteiger partial charge on any atom is -0.396 e. The largest absolute Gasteiger partial charge is 0.396 e. The highest BCUT2D eigenvalue weighted by molar-refractivity contribution is 14.1. The molecule has 0 radical (unpaired) electrons. The molecule has 0 spiro atoms. The Morgan fingerprint density at radius 2 is 2.06 bits per heavy atom. The molecule has 0 unspecified atom stereocenters. The Labute approximate surface area is 109 Å². The standard InChI is InChI=1S/C12H16INO2/c1-12(2,8-15)7-14-11(16)9-5-3-4-6-10(9)13/h3-6,15H,7-8H2,1-2H3,(H,14,16). The van der Waals surface area contributed by atoms with Crippen LogP contribution >= 0.6 is 22.6 Å². The van der Waals surface area contributed by atoms with Crippen LogP contribution in [0.25, 0.3) is 0 Å². The second-order valence-electron chi connectivity index (χ2n) is 4.48. The van der Waals surface area contributed by atoms with Crippen LogP contribution in [0.1, 0.15) is 24.2 Å². The average Bonchev–Trinajstić information content (AvgIpc) is 2.27. The van der Waals surface area contributed by atoms with Gasteiger partial charge in [-0.25, -0.2) is 0 Å². The second-order valence-corrected chi connectivity index (χ2v) is 5.65. The van der Waals surface area contributed by atoms with Crippen molar-refractivity contribution in [1.82, 2.24) is 5.32 Å². The lowest BCUT2D eigenvalue weighted by Gasteiger charge is -2.21. The van der Waals surface area contributed by atoms with E-state index in [1.54, 1.807) is 6.07 Å². The molecule has 0 bridgehead atoms. The van der Waals surface area contributed by atoms with Crippen molar-refractivity contribution in [2.24, 2.45) is 5.41 Å². The van der Waals surface area contributed by atoms with Crippen LogP contribution in [0.2, 0.25) is 0 Å². The molecule has 4 heteroatoms. The van der Waals surface area contributed by atoms with Gasteiger partial charge in [0.15, 0.2) is 0 Å². The van der Waals surface area contributed by atoms with Gasteiger partial charge in [-0.15, -0.1) is 0 Å². The van der Waals surface area contributed by atoms with Crippen molar-refractivity contribution in [3.05, 3.63) is 33.4 Å². The Morgan fingerprint density at radius 1 is 1.44 bits per heavy atom. The third-order valence-electron chi connectivity index (χ3n) is 2.27. The maximum absolute atomic E-state index is 11.8. The molecule has 0 aliphatic carbocycles. The maximum Gasteiger partial charge on any atom is 0.252 e. The average molecular weight is 333 g/mol. The van der Waals surface area contributed by atoms with Crippen molar-refractivity contribution < 1.29 is 9.90 Å². The molecule has 0 fully saturated rings. The van der Waals surface area contributed by atoms with E-state index in [1.807, 2.05) is 32.0 Å². The van der Waals surface area contributed by atoms with Crippen molar-refractivity contribution in [3.63, 3.8) is 0 Å². The number of nitrogens with one attached hydrogen (secondary N) is 1. The van der Waals surface area contributed by atoms with Crippen molar-refractivity contribution in [2.75, 3.05) is 13.2 Å². The van der Waals surface area contributed by atoms with E-state index >= 15 is 0 Å². The summed E-state index contributed by atoms with van der Waals surface area (Å²) in [5.74, 6) is -0.0912. The summed E-state index contributed by atoms with van der Waals surface area (Å²) in [6.45, 7) is 4.33. The van der Waals surface area contributed by atoms with Crippen LogP contribution in [0.5, 0.6) is 0 Å². The first-order valence-corrected chi connectivity index (χ1v) is 6.18. The summed E-state index contributed by atoms with van der Waals surface area (Å²) < 4.78 is 0.930. The maximum atomic E-state index is 11.8. The monoisotopic (exact) mass is 333 g/mol. The van der Waals surface area contributed by atoms with Gasteiger partial charge in [0.25, 0.3) is 5.91 Å². The molecule has 0 atom stereocenters. The third-order valence-corrected chi connectivity index (χ3v) is 3.21. The first-order chi connectivity index (χ1) is 7.46. The smallest absolute Gasteiger partial charge is 0.252 e. The Balaban J connectivity index is 2.64. The molecule has 0 aliphatic rings. The van der Waals surface area contributed by atoms with E-state index in [4.69, 9.17) is 5.11 Å². The zero-order valence-electron chi connectivity index (χ0n) is 9.46. The Kier molecular flexibility index (Phi) is 4.73. The van der Waals surface area contributed by atoms with E-state index in [1.165, 1.54) is 0 Å². The van der Waals surface area contributed by atoms with Crippen LogP contribution in [-0.4, -0.2) is 24.2 Å². The van der Waals surface area contributed by atoms with E-state index < -0.39 is 0 Å². The van der Waals surface area contributed by atoms with Gasteiger partial charge in [0.05, 0.1) is 5.56 Å². The lowest BCUT2D eigenvalue weighted by atomic mass is 9.95. The summed E-state index contributed by atoms with van der Waals surface area (Å²) in [7, 11) is 0. The van der Waals surface area contributed by atoms with Crippen LogP contribution < -0.4 is 5.32 Å². The van der Waals surface area contributed by atoms with Gasteiger partial charge >= 0.3 is 0 Å². The van der Waals surface area contributed by atoms with Gasteiger partial charge in [-0.2, -0.15) is 0 Å². The minimum atomic E-state index is -0.282. The molecule has 3 nitrogen and oxygen atoms in total. The first kappa shape index (κ1) is 13.4. The molecule has 0 heterocycles. The molecular weight excluding hydrogens is 317 g/mol. The zero-order chi connectivity index (χ0) is 12.2. The van der Waals surface area contributed by atoms with Crippen LogP contribution in [0, 0.1) is 8.99 Å². The summed E-state index contributed by atoms with van der Waals surface area (Å²) in [5.41, 5.74) is 0.396. The lowest BCUT2D eigenvalue weighted by molar-refractivity contribution is 0.0910.